The topological polar surface area (TPSA) is 163 Å². The van der Waals surface area contributed by atoms with Gasteiger partial charge in [0.25, 0.3) is 0 Å². The number of ether oxygens (including phenoxy) is 4. The Morgan fingerprint density at radius 2 is 1.06 bits per heavy atom. The highest BCUT2D eigenvalue weighted by Gasteiger charge is 2.68. The smallest absolute Gasteiger partial charge is 0.346 e. The maximum atomic E-state index is 13.0. The second kappa shape index (κ2) is 11.9. The average Bonchev–Trinajstić information content (AvgIpc) is 3.50. The molecule has 10 bridgehead atoms. The van der Waals surface area contributed by atoms with Crippen LogP contribution in [0, 0.1) is 47.3 Å². The van der Waals surface area contributed by atoms with Crippen molar-refractivity contribution >= 4 is 29.3 Å². The minimum absolute atomic E-state index is 0.0252. The normalized spacial score (nSPS) is 47.3. The molecule has 0 aromatic rings. The largest absolute Gasteiger partial charge is 0.486 e. The zero-order valence-corrected chi connectivity index (χ0v) is 29.3. The monoisotopic (exact) mass is 690 g/mol. The van der Waals surface area contributed by atoms with Crippen LogP contribution in [0.3, 0.4) is 0 Å². The van der Waals surface area contributed by atoms with Gasteiger partial charge in [-0.2, -0.15) is 0 Å². The highest BCUT2D eigenvalue weighted by atomic mass is 16.6. The van der Waals surface area contributed by atoms with Crippen molar-refractivity contribution in [2.75, 3.05) is 0 Å². The van der Waals surface area contributed by atoms with E-state index in [4.69, 9.17) is 18.9 Å². The lowest BCUT2D eigenvalue weighted by Gasteiger charge is -2.54. The molecule has 50 heavy (non-hydrogen) atoms. The van der Waals surface area contributed by atoms with Gasteiger partial charge < -0.3 is 29.2 Å². The first-order chi connectivity index (χ1) is 23.5. The van der Waals surface area contributed by atoms with Crippen LogP contribution in [0.15, 0.2) is 59.1 Å². The number of ketones is 3. The molecule has 0 aromatic heterocycles. The van der Waals surface area contributed by atoms with Crippen LogP contribution in [0.4, 0.5) is 0 Å². The number of esters is 2. The molecule has 4 saturated heterocycles. The van der Waals surface area contributed by atoms with Crippen LogP contribution in [0.1, 0.15) is 67.2 Å². The van der Waals surface area contributed by atoms with Crippen molar-refractivity contribution in [3.63, 3.8) is 0 Å². The summed E-state index contributed by atoms with van der Waals surface area (Å²) in [5.41, 5.74) is -1.32. The maximum Gasteiger partial charge on any atom is 0.346 e. The Labute approximate surface area is 291 Å². The molecule has 4 aliphatic carbocycles. The van der Waals surface area contributed by atoms with E-state index in [1.807, 2.05) is 39.8 Å². The Hall–Kier alpha value is -3.83. The lowest BCUT2D eigenvalue weighted by atomic mass is 9.64. The number of fused-ring (bicyclic) bond motifs is 2. The quantitative estimate of drug-likeness (QED) is 0.282. The Morgan fingerprint density at radius 3 is 1.52 bits per heavy atom. The Bertz CT molecular complexity index is 1590. The van der Waals surface area contributed by atoms with Crippen LogP contribution in [-0.4, -0.2) is 75.1 Å². The molecule has 10 aliphatic rings. The highest BCUT2D eigenvalue weighted by Crippen LogP contribution is 2.58. The van der Waals surface area contributed by atoms with Gasteiger partial charge in [-0.15, -0.1) is 0 Å². The van der Waals surface area contributed by atoms with Gasteiger partial charge in [0.2, 0.25) is 0 Å². The third-order valence-corrected chi connectivity index (χ3v) is 12.5. The van der Waals surface area contributed by atoms with E-state index in [0.717, 1.165) is 5.57 Å². The molecular weight excluding hydrogens is 644 g/mol. The third-order valence-electron chi connectivity index (χ3n) is 12.5. The van der Waals surface area contributed by atoms with Crippen LogP contribution in [0.5, 0.6) is 0 Å². The Kier molecular flexibility index (Phi) is 8.22. The van der Waals surface area contributed by atoms with Gasteiger partial charge in [-0.05, 0) is 36.7 Å². The van der Waals surface area contributed by atoms with E-state index in [2.05, 4.69) is 6.58 Å². The van der Waals surface area contributed by atoms with Crippen molar-refractivity contribution in [3.8, 4) is 0 Å². The molecule has 6 heterocycles. The minimum Gasteiger partial charge on any atom is -0.486 e. The van der Waals surface area contributed by atoms with Crippen molar-refractivity contribution in [1.29, 1.82) is 0 Å². The number of carbonyl (C=O) groups is 5. The Morgan fingerprint density at radius 1 is 0.640 bits per heavy atom. The van der Waals surface area contributed by atoms with Crippen LogP contribution >= 0.6 is 0 Å². The first-order valence-corrected chi connectivity index (χ1v) is 17.9. The molecule has 10 rings (SSSR count). The predicted octanol–water partition coefficient (Wildman–Crippen LogP) is 3.63. The van der Waals surface area contributed by atoms with Gasteiger partial charge in [0.15, 0.2) is 40.1 Å². The molecule has 0 amide bonds. The van der Waals surface area contributed by atoms with Crippen molar-refractivity contribution in [3.05, 3.63) is 59.1 Å². The van der Waals surface area contributed by atoms with Crippen molar-refractivity contribution in [1.82, 2.24) is 0 Å². The second-order valence-corrected chi connectivity index (χ2v) is 16.0. The number of aliphatic hydroxyl groups excluding tert-OH is 2. The average molecular weight is 691 g/mol. The van der Waals surface area contributed by atoms with Gasteiger partial charge >= 0.3 is 11.9 Å². The fourth-order valence-electron chi connectivity index (χ4n) is 9.65. The fraction of sp³-hybridized carbons (Fsp3) is 0.615. The third kappa shape index (κ3) is 4.86. The van der Waals surface area contributed by atoms with E-state index in [9.17, 15) is 34.2 Å². The first-order valence-electron chi connectivity index (χ1n) is 17.9. The number of hydrogen-bond donors (Lipinski definition) is 2. The van der Waals surface area contributed by atoms with Gasteiger partial charge in [-0.3, -0.25) is 14.4 Å². The summed E-state index contributed by atoms with van der Waals surface area (Å²) in [6.45, 7) is 15.3. The van der Waals surface area contributed by atoms with Gasteiger partial charge in [-0.25, -0.2) is 9.59 Å². The van der Waals surface area contributed by atoms with Crippen LogP contribution < -0.4 is 0 Å². The van der Waals surface area contributed by atoms with E-state index in [0.29, 0.717) is 31.4 Å². The lowest BCUT2D eigenvalue weighted by molar-refractivity contribution is -0.221. The van der Waals surface area contributed by atoms with Gasteiger partial charge in [0.05, 0.1) is 11.8 Å². The number of hydrogen-bond acceptors (Lipinski definition) is 11. The minimum atomic E-state index is -1.18. The SMILES string of the molecule is C=C1/C=C/C2C(O)C3OC4=C(C(=O)OC42CC3C)C(=O)C(C)CC1C.CC1CC(C)C(=O)C2=C3OC4C(C)CC3(OC2=O)C(/C=C/C1=O)C4O. The van der Waals surface area contributed by atoms with Gasteiger partial charge in [-0.1, -0.05) is 71.9 Å². The number of aliphatic hydroxyl groups is 2. The van der Waals surface area contributed by atoms with E-state index in [1.54, 1.807) is 19.9 Å². The Balaban J connectivity index is 0.000000157. The molecule has 2 saturated carbocycles. The number of rotatable bonds is 0. The highest BCUT2D eigenvalue weighted by molar-refractivity contribution is 6.21. The van der Waals surface area contributed by atoms with Crippen LogP contribution in [-0.2, 0) is 42.9 Å². The molecule has 14 unspecified atom stereocenters. The predicted molar refractivity (Wildman–Crippen MR) is 176 cm³/mol. The molecule has 0 aromatic carbocycles. The van der Waals surface area contributed by atoms with Crippen molar-refractivity contribution < 1.29 is 53.1 Å². The fourth-order valence-corrected chi connectivity index (χ4v) is 9.65. The van der Waals surface area contributed by atoms with E-state index < -0.39 is 65.3 Å². The molecule has 2 N–H and O–H groups in total. The summed E-state index contributed by atoms with van der Waals surface area (Å²) >= 11 is 0. The summed E-state index contributed by atoms with van der Waals surface area (Å²) in [6, 6.07) is 0. The lowest BCUT2D eigenvalue weighted by Crippen LogP contribution is -2.63. The van der Waals surface area contributed by atoms with Crippen LogP contribution in [0.25, 0.3) is 0 Å². The summed E-state index contributed by atoms with van der Waals surface area (Å²) in [5.74, 6) is -3.37. The summed E-state index contributed by atoms with van der Waals surface area (Å²) < 4.78 is 23.3. The zero-order valence-electron chi connectivity index (χ0n) is 29.3. The zero-order chi connectivity index (χ0) is 36.2. The molecular formula is C39H46O11. The van der Waals surface area contributed by atoms with E-state index >= 15 is 0 Å². The van der Waals surface area contributed by atoms with Crippen molar-refractivity contribution in [2.45, 2.75) is 103 Å². The summed E-state index contributed by atoms with van der Waals surface area (Å²) in [4.78, 5) is 63.4. The standard InChI is InChI=1S/C20H24O5.C19H22O6/c1-9-5-6-13-16(22)17-12(4)8-20(13)18(24-17)14(19(23)25-20)15(21)11(3)7-10(9)2;1-8-6-9(2)14(21)13-17-19(25-18(13)23)7-10(3)16(24-17)15(22)11(19)4-5-12(8)20/h5-6,10-13,16-17,22H,1,7-8H2,2-4H3;4-5,8-11,15-16,22H,6-7H2,1-3H3/b6-5+;5-4+. The summed E-state index contributed by atoms with van der Waals surface area (Å²) in [6.07, 6.45) is 6.24. The van der Waals surface area contributed by atoms with Gasteiger partial charge in [0.1, 0.15) is 35.6 Å². The molecule has 0 radical (unpaired) electrons. The molecule has 11 heteroatoms. The second-order valence-electron chi connectivity index (χ2n) is 16.0. The number of carbonyl (C=O) groups excluding carboxylic acids is 5. The summed E-state index contributed by atoms with van der Waals surface area (Å²) in [5, 5.41) is 21.5. The van der Waals surface area contributed by atoms with Gasteiger partial charge in [0, 0.05) is 30.6 Å². The van der Waals surface area contributed by atoms with Crippen molar-refractivity contribution in [2.24, 2.45) is 47.3 Å². The molecule has 6 fully saturated rings. The maximum absolute atomic E-state index is 13.0. The molecule has 6 aliphatic heterocycles. The number of Topliss-reactive ketones (excluding diaryl/α,β-unsaturated/α-hetero) is 2. The van der Waals surface area contributed by atoms with E-state index in [-0.39, 0.29) is 63.8 Å². The molecule has 2 spiro atoms. The summed E-state index contributed by atoms with van der Waals surface area (Å²) in [7, 11) is 0. The molecule has 11 nitrogen and oxygen atoms in total. The molecule has 268 valence electrons. The molecule has 14 atom stereocenters. The first kappa shape index (κ1) is 34.6. The van der Waals surface area contributed by atoms with E-state index in [1.165, 1.54) is 6.08 Å². The number of allylic oxidation sites excluding steroid dienone is 3. The van der Waals surface area contributed by atoms with Crippen LogP contribution in [0.2, 0.25) is 0 Å².